The number of hydrogen-bond acceptors (Lipinski definition) is 6. The van der Waals surface area contributed by atoms with Crippen LogP contribution in [0.5, 0.6) is 0 Å². The number of imide groups is 1. The van der Waals surface area contributed by atoms with E-state index >= 15 is 0 Å². The van der Waals surface area contributed by atoms with Crippen molar-refractivity contribution >= 4 is 52.4 Å². The van der Waals surface area contributed by atoms with E-state index in [1.165, 1.54) is 37.4 Å². The van der Waals surface area contributed by atoms with Gasteiger partial charge in [-0.25, -0.2) is 14.1 Å². The molecule has 8 nitrogen and oxygen atoms in total. The predicted molar refractivity (Wildman–Crippen MR) is 128 cm³/mol. The quantitative estimate of drug-likeness (QED) is 0.392. The lowest BCUT2D eigenvalue weighted by atomic mass is 10.1. The smallest absolute Gasteiger partial charge is 0.339 e. The minimum Gasteiger partial charge on any atom is -0.465 e. The molecule has 0 atom stereocenters. The molecule has 0 fully saturated rings. The van der Waals surface area contributed by atoms with Crippen molar-refractivity contribution in [1.82, 2.24) is 0 Å². The van der Waals surface area contributed by atoms with Gasteiger partial charge in [0.05, 0.1) is 24.0 Å². The highest BCUT2D eigenvalue weighted by Crippen LogP contribution is 2.30. The van der Waals surface area contributed by atoms with Crippen molar-refractivity contribution in [1.29, 1.82) is 0 Å². The fraction of sp³-hybridized carbons (Fsp3) is 0.0400. The molecule has 0 aliphatic carbocycles. The first-order chi connectivity index (χ1) is 16.8. The van der Waals surface area contributed by atoms with Crippen molar-refractivity contribution in [3.05, 3.63) is 100 Å². The summed E-state index contributed by atoms with van der Waals surface area (Å²) in [6.45, 7) is 0. The van der Waals surface area contributed by atoms with E-state index in [-0.39, 0.29) is 33.2 Å². The Kier molecular flexibility index (Phi) is 6.61. The molecule has 176 valence electrons. The Morgan fingerprint density at radius 2 is 1.66 bits per heavy atom. The van der Waals surface area contributed by atoms with E-state index in [1.54, 1.807) is 30.3 Å². The molecule has 35 heavy (non-hydrogen) atoms. The van der Waals surface area contributed by atoms with Gasteiger partial charge in [-0.15, -0.1) is 0 Å². The van der Waals surface area contributed by atoms with Gasteiger partial charge in [-0.1, -0.05) is 29.8 Å². The van der Waals surface area contributed by atoms with E-state index < -0.39 is 29.5 Å². The normalized spacial score (nSPS) is 13.2. The van der Waals surface area contributed by atoms with Gasteiger partial charge in [0, 0.05) is 11.3 Å². The highest BCUT2D eigenvalue weighted by Gasteiger charge is 2.39. The topological polar surface area (TPSA) is 105 Å². The fourth-order valence-electron chi connectivity index (χ4n) is 3.39. The summed E-state index contributed by atoms with van der Waals surface area (Å²) in [6.07, 6.45) is 0. The molecule has 0 aromatic heterocycles. The van der Waals surface area contributed by atoms with Gasteiger partial charge >= 0.3 is 5.97 Å². The lowest BCUT2D eigenvalue weighted by Gasteiger charge is -2.15. The van der Waals surface area contributed by atoms with Crippen molar-refractivity contribution in [2.24, 2.45) is 0 Å². The molecule has 1 aliphatic heterocycles. The number of anilines is 3. The van der Waals surface area contributed by atoms with Crippen LogP contribution in [0.3, 0.4) is 0 Å². The molecule has 1 aliphatic rings. The number of carbonyl (C=O) groups excluding carboxylic acids is 4. The number of benzene rings is 3. The number of ether oxygens (including phenoxy) is 1. The van der Waals surface area contributed by atoms with Gasteiger partial charge < -0.3 is 15.4 Å². The number of methoxy groups -OCH3 is 1. The van der Waals surface area contributed by atoms with Crippen molar-refractivity contribution in [3.8, 4) is 0 Å². The Morgan fingerprint density at radius 1 is 0.943 bits per heavy atom. The SMILES string of the molecule is COC(=O)c1ccccc1NC(=O)c1cccc(NC2=C(Cl)C(=O)N(c3ccc(F)cc3)C2=O)c1. The van der Waals surface area contributed by atoms with Crippen LogP contribution in [0.1, 0.15) is 20.7 Å². The van der Waals surface area contributed by atoms with E-state index in [1.807, 2.05) is 0 Å². The summed E-state index contributed by atoms with van der Waals surface area (Å²) in [4.78, 5) is 51.1. The van der Waals surface area contributed by atoms with Crippen LogP contribution in [0.2, 0.25) is 0 Å². The summed E-state index contributed by atoms with van der Waals surface area (Å²) < 4.78 is 18.0. The summed E-state index contributed by atoms with van der Waals surface area (Å²) in [7, 11) is 1.24. The first-order valence-corrected chi connectivity index (χ1v) is 10.6. The van der Waals surface area contributed by atoms with E-state index in [0.29, 0.717) is 5.69 Å². The van der Waals surface area contributed by atoms with E-state index in [9.17, 15) is 23.6 Å². The van der Waals surface area contributed by atoms with Crippen LogP contribution >= 0.6 is 11.6 Å². The Hall–Kier alpha value is -4.50. The maximum absolute atomic E-state index is 13.2. The second kappa shape index (κ2) is 9.78. The monoisotopic (exact) mass is 493 g/mol. The Balaban J connectivity index is 1.54. The number of esters is 1. The van der Waals surface area contributed by atoms with Gasteiger partial charge in [0.25, 0.3) is 17.7 Å². The molecular weight excluding hydrogens is 477 g/mol. The van der Waals surface area contributed by atoms with Crippen molar-refractivity contribution in [2.75, 3.05) is 22.6 Å². The van der Waals surface area contributed by atoms with Crippen LogP contribution < -0.4 is 15.5 Å². The van der Waals surface area contributed by atoms with Gasteiger partial charge in [-0.05, 0) is 54.6 Å². The van der Waals surface area contributed by atoms with E-state index in [4.69, 9.17) is 16.3 Å². The van der Waals surface area contributed by atoms with Crippen LogP contribution in [-0.4, -0.2) is 30.8 Å². The second-order valence-electron chi connectivity index (χ2n) is 7.31. The molecule has 1 heterocycles. The van der Waals surface area contributed by atoms with Crippen LogP contribution in [0.4, 0.5) is 21.5 Å². The number of para-hydroxylation sites is 1. The second-order valence-corrected chi connectivity index (χ2v) is 7.69. The Morgan fingerprint density at radius 3 is 2.37 bits per heavy atom. The lowest BCUT2D eigenvalue weighted by molar-refractivity contribution is -0.120. The molecule has 3 amide bonds. The first-order valence-electron chi connectivity index (χ1n) is 10.2. The third-order valence-corrected chi connectivity index (χ3v) is 5.44. The number of hydrogen-bond donors (Lipinski definition) is 2. The minimum atomic E-state index is -0.765. The van der Waals surface area contributed by atoms with Crippen molar-refractivity contribution in [2.45, 2.75) is 0 Å². The summed E-state index contributed by atoms with van der Waals surface area (Å²) in [5.74, 6) is -3.14. The molecule has 0 radical (unpaired) electrons. The summed E-state index contributed by atoms with van der Waals surface area (Å²) in [5, 5.41) is 5.10. The van der Waals surface area contributed by atoms with E-state index in [2.05, 4.69) is 10.6 Å². The maximum Gasteiger partial charge on any atom is 0.339 e. The number of carbonyl (C=O) groups is 4. The molecule has 0 saturated heterocycles. The zero-order valence-electron chi connectivity index (χ0n) is 18.2. The molecule has 4 rings (SSSR count). The Bertz CT molecular complexity index is 1390. The summed E-state index contributed by atoms with van der Waals surface area (Å²) in [5.41, 5.74) is 0.946. The number of nitrogens with zero attached hydrogens (tertiary/aromatic N) is 1. The number of halogens is 2. The highest BCUT2D eigenvalue weighted by atomic mass is 35.5. The molecule has 0 spiro atoms. The van der Waals surface area contributed by atoms with Crippen LogP contribution in [0, 0.1) is 5.82 Å². The summed E-state index contributed by atoms with van der Waals surface area (Å²) >= 11 is 6.13. The predicted octanol–water partition coefficient (Wildman–Crippen LogP) is 4.30. The molecular formula is C25H17ClFN3O5. The zero-order valence-corrected chi connectivity index (χ0v) is 18.9. The third kappa shape index (κ3) is 4.75. The lowest BCUT2D eigenvalue weighted by Crippen LogP contribution is -2.32. The average molecular weight is 494 g/mol. The van der Waals surface area contributed by atoms with Crippen LogP contribution in [-0.2, 0) is 14.3 Å². The van der Waals surface area contributed by atoms with Gasteiger partial charge in [-0.3, -0.25) is 14.4 Å². The number of nitrogens with one attached hydrogen (secondary N) is 2. The van der Waals surface area contributed by atoms with Crippen LogP contribution in [0.25, 0.3) is 0 Å². The average Bonchev–Trinajstić information content (AvgIpc) is 3.07. The first kappa shape index (κ1) is 23.7. The van der Waals surface area contributed by atoms with E-state index in [0.717, 1.165) is 17.0 Å². The molecule has 2 N–H and O–H groups in total. The highest BCUT2D eigenvalue weighted by molar-refractivity contribution is 6.53. The molecule has 3 aromatic carbocycles. The van der Waals surface area contributed by atoms with Gasteiger partial charge in [0.1, 0.15) is 16.5 Å². The number of amides is 3. The standard InChI is InChI=1S/C25H17ClFN3O5/c1-35-25(34)18-7-2-3-8-19(18)29-22(31)14-5-4-6-16(13-14)28-21-20(26)23(32)30(24(21)33)17-11-9-15(27)10-12-17/h2-13,28H,1H3,(H,29,31). The van der Waals surface area contributed by atoms with Gasteiger partial charge in [-0.2, -0.15) is 0 Å². The third-order valence-electron chi connectivity index (χ3n) is 5.09. The molecule has 0 saturated carbocycles. The van der Waals surface area contributed by atoms with Gasteiger partial charge in [0.2, 0.25) is 0 Å². The Labute approximate surface area is 203 Å². The fourth-order valence-corrected chi connectivity index (χ4v) is 3.61. The molecule has 10 heteroatoms. The zero-order chi connectivity index (χ0) is 25.1. The summed E-state index contributed by atoms with van der Waals surface area (Å²) in [6, 6.07) is 17.3. The molecule has 3 aromatic rings. The maximum atomic E-state index is 13.2. The van der Waals surface area contributed by atoms with Crippen molar-refractivity contribution < 1.29 is 28.3 Å². The minimum absolute atomic E-state index is 0.161. The molecule has 0 unspecified atom stereocenters. The van der Waals surface area contributed by atoms with Crippen LogP contribution in [0.15, 0.2) is 83.5 Å². The van der Waals surface area contributed by atoms with Crippen molar-refractivity contribution in [3.63, 3.8) is 0 Å². The largest absolute Gasteiger partial charge is 0.465 e. The molecule has 0 bridgehead atoms. The van der Waals surface area contributed by atoms with Gasteiger partial charge in [0.15, 0.2) is 0 Å². The number of rotatable bonds is 6.